The van der Waals surface area contributed by atoms with Crippen LogP contribution in [0, 0.1) is 0 Å². The van der Waals surface area contributed by atoms with E-state index in [2.05, 4.69) is 35.2 Å². The first-order valence-electron chi connectivity index (χ1n) is 6.97. The van der Waals surface area contributed by atoms with Crippen LogP contribution in [0.25, 0.3) is 0 Å². The molecular weight excluding hydrogens is 270 g/mol. The van der Waals surface area contributed by atoms with Crippen LogP contribution in [0.15, 0.2) is 48.5 Å². The number of nitrogens with zero attached hydrogens (tertiary/aromatic N) is 1. The van der Waals surface area contributed by atoms with E-state index in [0.717, 1.165) is 31.6 Å². The van der Waals surface area contributed by atoms with Crippen molar-refractivity contribution in [2.75, 3.05) is 13.1 Å². The first-order chi connectivity index (χ1) is 9.74. The van der Waals surface area contributed by atoms with E-state index in [1.165, 1.54) is 5.56 Å². The molecule has 2 nitrogen and oxygen atoms in total. The van der Waals surface area contributed by atoms with E-state index in [0.29, 0.717) is 16.7 Å². The summed E-state index contributed by atoms with van der Waals surface area (Å²) in [6.07, 6.45) is 1.16. The highest BCUT2D eigenvalue weighted by Crippen LogP contribution is 2.31. The van der Waals surface area contributed by atoms with Crippen molar-refractivity contribution in [1.82, 2.24) is 4.90 Å². The Morgan fingerprint density at radius 1 is 1.10 bits per heavy atom. The Hall–Kier alpha value is -1.51. The van der Waals surface area contributed by atoms with Gasteiger partial charge < -0.3 is 5.11 Å². The van der Waals surface area contributed by atoms with E-state index in [-0.39, 0.29) is 0 Å². The maximum atomic E-state index is 9.92. The number of likely N-dealkylation sites (tertiary alicyclic amines) is 1. The summed E-state index contributed by atoms with van der Waals surface area (Å²) in [6, 6.07) is 15.9. The molecule has 1 atom stereocenters. The first-order valence-corrected chi connectivity index (χ1v) is 7.35. The lowest BCUT2D eigenvalue weighted by molar-refractivity contribution is 0.320. The SMILES string of the molecule is Oc1cccc(Cl)c1CN1CCC(c2ccccc2)C1. The van der Waals surface area contributed by atoms with Crippen molar-refractivity contribution in [3.05, 3.63) is 64.7 Å². The molecule has 104 valence electrons. The number of hydrogen-bond acceptors (Lipinski definition) is 2. The van der Waals surface area contributed by atoms with Crippen molar-refractivity contribution in [3.8, 4) is 5.75 Å². The summed E-state index contributed by atoms with van der Waals surface area (Å²) >= 11 is 6.17. The zero-order valence-corrected chi connectivity index (χ0v) is 12.1. The number of phenolic OH excluding ortho intramolecular Hbond substituents is 1. The summed E-state index contributed by atoms with van der Waals surface area (Å²) in [7, 11) is 0. The Morgan fingerprint density at radius 3 is 2.65 bits per heavy atom. The number of rotatable bonds is 3. The lowest BCUT2D eigenvalue weighted by atomic mass is 9.99. The molecule has 3 heteroatoms. The molecule has 0 spiro atoms. The molecule has 0 saturated carbocycles. The van der Waals surface area contributed by atoms with Crippen LogP contribution in [0.2, 0.25) is 5.02 Å². The summed E-state index contributed by atoms with van der Waals surface area (Å²) < 4.78 is 0. The van der Waals surface area contributed by atoms with Gasteiger partial charge in [0.25, 0.3) is 0 Å². The Labute approximate surface area is 124 Å². The van der Waals surface area contributed by atoms with Gasteiger partial charge in [-0.15, -0.1) is 0 Å². The normalized spacial score (nSPS) is 19.4. The van der Waals surface area contributed by atoms with Crippen molar-refractivity contribution in [1.29, 1.82) is 0 Å². The third-order valence-corrected chi connectivity index (χ3v) is 4.37. The summed E-state index contributed by atoms with van der Waals surface area (Å²) in [6.45, 7) is 2.79. The molecule has 0 aliphatic carbocycles. The van der Waals surface area contributed by atoms with Crippen molar-refractivity contribution in [2.45, 2.75) is 18.9 Å². The van der Waals surface area contributed by atoms with Gasteiger partial charge in [-0.1, -0.05) is 48.0 Å². The number of hydrogen-bond donors (Lipinski definition) is 1. The van der Waals surface area contributed by atoms with E-state index >= 15 is 0 Å². The second kappa shape index (κ2) is 5.86. The maximum absolute atomic E-state index is 9.92. The second-order valence-corrected chi connectivity index (χ2v) is 5.78. The lowest BCUT2D eigenvalue weighted by Crippen LogP contribution is -2.20. The standard InChI is InChI=1S/C17H18ClNO/c18-16-7-4-8-17(20)15(16)12-19-10-9-14(11-19)13-5-2-1-3-6-13/h1-8,14,20H,9-12H2. The van der Waals surface area contributed by atoms with Crippen LogP contribution in [-0.2, 0) is 6.54 Å². The number of aromatic hydroxyl groups is 1. The van der Waals surface area contributed by atoms with Crippen LogP contribution in [-0.4, -0.2) is 23.1 Å². The van der Waals surface area contributed by atoms with Crippen LogP contribution in [0.4, 0.5) is 0 Å². The number of benzene rings is 2. The van der Waals surface area contributed by atoms with Crippen LogP contribution in [0.3, 0.4) is 0 Å². The Kier molecular flexibility index (Phi) is 3.95. The molecular formula is C17H18ClNO. The number of halogens is 1. The highest BCUT2D eigenvalue weighted by Gasteiger charge is 2.24. The van der Waals surface area contributed by atoms with E-state index in [1.807, 2.05) is 6.07 Å². The molecule has 1 N–H and O–H groups in total. The molecule has 0 amide bonds. The lowest BCUT2D eigenvalue weighted by Gasteiger charge is -2.18. The number of phenols is 1. The minimum atomic E-state index is 0.292. The van der Waals surface area contributed by atoms with Gasteiger partial charge in [-0.05, 0) is 36.6 Å². The van der Waals surface area contributed by atoms with Gasteiger partial charge in [-0.2, -0.15) is 0 Å². The highest BCUT2D eigenvalue weighted by atomic mass is 35.5. The fourth-order valence-electron chi connectivity index (χ4n) is 2.90. The molecule has 20 heavy (non-hydrogen) atoms. The van der Waals surface area contributed by atoms with Crippen molar-refractivity contribution < 1.29 is 5.11 Å². The van der Waals surface area contributed by atoms with Crippen LogP contribution >= 0.6 is 11.6 Å². The summed E-state index contributed by atoms with van der Waals surface area (Å²) in [4.78, 5) is 2.36. The zero-order chi connectivity index (χ0) is 13.9. The van der Waals surface area contributed by atoms with E-state index in [1.54, 1.807) is 12.1 Å². The molecule has 2 aromatic carbocycles. The maximum Gasteiger partial charge on any atom is 0.121 e. The molecule has 1 fully saturated rings. The average molecular weight is 288 g/mol. The Balaban J connectivity index is 1.69. The molecule has 0 aromatic heterocycles. The molecule has 1 heterocycles. The smallest absolute Gasteiger partial charge is 0.121 e. The quantitative estimate of drug-likeness (QED) is 0.921. The van der Waals surface area contributed by atoms with Crippen LogP contribution < -0.4 is 0 Å². The van der Waals surface area contributed by atoms with Gasteiger partial charge >= 0.3 is 0 Å². The molecule has 2 aromatic rings. The molecule has 1 aliphatic rings. The Bertz CT molecular complexity index is 565. The van der Waals surface area contributed by atoms with Crippen LogP contribution in [0.1, 0.15) is 23.5 Å². The van der Waals surface area contributed by atoms with Crippen molar-refractivity contribution in [2.24, 2.45) is 0 Å². The Morgan fingerprint density at radius 2 is 1.90 bits per heavy atom. The van der Waals surface area contributed by atoms with Gasteiger partial charge in [0.05, 0.1) is 0 Å². The minimum absolute atomic E-state index is 0.292. The largest absolute Gasteiger partial charge is 0.508 e. The van der Waals surface area contributed by atoms with E-state index in [9.17, 15) is 5.11 Å². The molecule has 1 aliphatic heterocycles. The van der Waals surface area contributed by atoms with Crippen molar-refractivity contribution in [3.63, 3.8) is 0 Å². The zero-order valence-electron chi connectivity index (χ0n) is 11.3. The third kappa shape index (κ3) is 2.82. The van der Waals surface area contributed by atoms with Gasteiger partial charge in [-0.3, -0.25) is 4.90 Å². The van der Waals surface area contributed by atoms with Gasteiger partial charge in [0.2, 0.25) is 0 Å². The summed E-state index contributed by atoms with van der Waals surface area (Å²) in [5, 5.41) is 10.6. The predicted octanol–water partition coefficient (Wildman–Crippen LogP) is 4.04. The van der Waals surface area contributed by atoms with Gasteiger partial charge in [0.15, 0.2) is 0 Å². The second-order valence-electron chi connectivity index (χ2n) is 5.37. The van der Waals surface area contributed by atoms with E-state index in [4.69, 9.17) is 11.6 Å². The first kappa shape index (κ1) is 13.5. The summed E-state index contributed by atoms with van der Waals surface area (Å²) in [5.41, 5.74) is 2.24. The molecule has 0 radical (unpaired) electrons. The van der Waals surface area contributed by atoms with Crippen LogP contribution in [0.5, 0.6) is 5.75 Å². The molecule has 1 saturated heterocycles. The monoisotopic (exact) mass is 287 g/mol. The average Bonchev–Trinajstić information content (AvgIpc) is 2.93. The molecule has 0 bridgehead atoms. The van der Waals surface area contributed by atoms with Gasteiger partial charge in [0, 0.05) is 23.7 Å². The third-order valence-electron chi connectivity index (χ3n) is 4.02. The fourth-order valence-corrected chi connectivity index (χ4v) is 3.13. The topological polar surface area (TPSA) is 23.5 Å². The van der Waals surface area contributed by atoms with Crippen molar-refractivity contribution >= 4 is 11.6 Å². The van der Waals surface area contributed by atoms with Gasteiger partial charge in [0.1, 0.15) is 5.75 Å². The predicted molar refractivity (Wildman–Crippen MR) is 82.2 cm³/mol. The van der Waals surface area contributed by atoms with Gasteiger partial charge in [-0.25, -0.2) is 0 Å². The molecule has 1 unspecified atom stereocenters. The van der Waals surface area contributed by atoms with E-state index < -0.39 is 0 Å². The summed E-state index contributed by atoms with van der Waals surface area (Å²) in [5.74, 6) is 0.876. The molecule has 3 rings (SSSR count). The minimum Gasteiger partial charge on any atom is -0.508 e. The highest BCUT2D eigenvalue weighted by molar-refractivity contribution is 6.31. The fraction of sp³-hybridized carbons (Fsp3) is 0.294.